The highest BCUT2D eigenvalue weighted by Gasteiger charge is 2.04. The highest BCUT2D eigenvalue weighted by Crippen LogP contribution is 2.19. The lowest BCUT2D eigenvalue weighted by Crippen LogP contribution is -2.14. The molecule has 2 rings (SSSR count). The van der Waals surface area contributed by atoms with Gasteiger partial charge >= 0.3 is 0 Å². The van der Waals surface area contributed by atoms with E-state index < -0.39 is 0 Å². The van der Waals surface area contributed by atoms with E-state index in [2.05, 4.69) is 30.4 Å². The van der Waals surface area contributed by atoms with Crippen molar-refractivity contribution in [1.29, 1.82) is 0 Å². The second-order valence-electron chi connectivity index (χ2n) is 4.40. The van der Waals surface area contributed by atoms with Gasteiger partial charge in [0.25, 0.3) is 0 Å². The number of allylic oxidation sites excluding steroid dienone is 1. The Morgan fingerprint density at radius 3 is 2.88 bits per heavy atom. The van der Waals surface area contributed by atoms with Crippen molar-refractivity contribution >= 4 is 0 Å². The molecule has 2 heteroatoms. The van der Waals surface area contributed by atoms with E-state index in [1.54, 1.807) is 5.57 Å². The van der Waals surface area contributed by atoms with Gasteiger partial charge in [0, 0.05) is 6.42 Å². The first kappa shape index (κ1) is 11.5. The summed E-state index contributed by atoms with van der Waals surface area (Å²) >= 11 is 0. The molecule has 0 radical (unpaired) electrons. The molecule has 0 amide bonds. The second kappa shape index (κ2) is 5.90. The first-order chi connectivity index (χ1) is 7.88. The van der Waals surface area contributed by atoms with Gasteiger partial charge in [-0.3, -0.25) is 0 Å². The summed E-state index contributed by atoms with van der Waals surface area (Å²) in [4.78, 5) is 0. The molecule has 2 nitrogen and oxygen atoms in total. The lowest BCUT2D eigenvalue weighted by Gasteiger charge is -2.03. The van der Waals surface area contributed by atoms with Crippen molar-refractivity contribution in [2.75, 3.05) is 6.54 Å². The van der Waals surface area contributed by atoms with Crippen molar-refractivity contribution in [3.63, 3.8) is 0 Å². The van der Waals surface area contributed by atoms with Gasteiger partial charge in [0.1, 0.15) is 11.5 Å². The maximum Gasteiger partial charge on any atom is 0.117 e. The Hall–Kier alpha value is -1.02. The van der Waals surface area contributed by atoms with Gasteiger partial charge in [-0.1, -0.05) is 18.6 Å². The molecule has 1 N–H and O–H groups in total. The molecule has 1 aromatic rings. The van der Waals surface area contributed by atoms with Crippen molar-refractivity contribution in [1.82, 2.24) is 5.32 Å². The van der Waals surface area contributed by atoms with E-state index in [4.69, 9.17) is 4.42 Å². The van der Waals surface area contributed by atoms with Crippen molar-refractivity contribution in [2.45, 2.75) is 45.6 Å². The van der Waals surface area contributed by atoms with Crippen LogP contribution in [0.1, 0.15) is 44.1 Å². The predicted molar refractivity (Wildman–Crippen MR) is 66.3 cm³/mol. The monoisotopic (exact) mass is 219 g/mol. The van der Waals surface area contributed by atoms with Crippen LogP contribution in [-0.2, 0) is 13.0 Å². The molecule has 0 unspecified atom stereocenters. The zero-order valence-electron chi connectivity index (χ0n) is 10.1. The van der Waals surface area contributed by atoms with E-state index in [-0.39, 0.29) is 0 Å². The number of furan rings is 1. The van der Waals surface area contributed by atoms with Gasteiger partial charge in [-0.25, -0.2) is 0 Å². The average molecular weight is 219 g/mol. The molecule has 0 spiro atoms. The number of hydrogen-bond donors (Lipinski definition) is 1. The van der Waals surface area contributed by atoms with Crippen molar-refractivity contribution in [3.8, 4) is 0 Å². The molecule has 0 saturated carbocycles. The molecule has 88 valence electrons. The van der Waals surface area contributed by atoms with Crippen LogP contribution < -0.4 is 5.32 Å². The summed E-state index contributed by atoms with van der Waals surface area (Å²) < 4.78 is 5.63. The highest BCUT2D eigenvalue weighted by molar-refractivity contribution is 5.08. The van der Waals surface area contributed by atoms with E-state index in [9.17, 15) is 0 Å². The molecule has 1 aromatic heterocycles. The van der Waals surface area contributed by atoms with Gasteiger partial charge in [0.2, 0.25) is 0 Å². The summed E-state index contributed by atoms with van der Waals surface area (Å²) in [5.74, 6) is 2.13. The van der Waals surface area contributed by atoms with Crippen LogP contribution in [0.15, 0.2) is 28.2 Å². The minimum atomic E-state index is 0.854. The van der Waals surface area contributed by atoms with Gasteiger partial charge in [-0.05, 0) is 44.4 Å². The topological polar surface area (TPSA) is 25.2 Å². The normalized spacial score (nSPS) is 15.4. The van der Waals surface area contributed by atoms with Crippen LogP contribution in [0.5, 0.6) is 0 Å². The molecular formula is C14H21NO. The number of rotatable bonds is 6. The minimum Gasteiger partial charge on any atom is -0.465 e. The molecule has 0 fully saturated rings. The smallest absolute Gasteiger partial charge is 0.117 e. The number of aryl methyl sites for hydroxylation is 1. The summed E-state index contributed by atoms with van der Waals surface area (Å²) in [6, 6.07) is 4.14. The Morgan fingerprint density at radius 1 is 1.31 bits per heavy atom. The summed E-state index contributed by atoms with van der Waals surface area (Å²) in [6.45, 7) is 4.03. The molecule has 1 aliphatic carbocycles. The molecule has 1 heterocycles. The lowest BCUT2D eigenvalue weighted by molar-refractivity contribution is 0.451. The largest absolute Gasteiger partial charge is 0.465 e. The van der Waals surface area contributed by atoms with Crippen molar-refractivity contribution < 1.29 is 4.42 Å². The van der Waals surface area contributed by atoms with Crippen LogP contribution in [0.4, 0.5) is 0 Å². The first-order valence-electron chi connectivity index (χ1n) is 6.34. The molecule has 1 aliphatic rings. The van der Waals surface area contributed by atoms with Crippen LogP contribution in [0, 0.1) is 0 Å². The number of nitrogens with one attached hydrogen (secondary N) is 1. The SMILES string of the molecule is CCc1ccc(CNCCC2=CCCC2)o1. The fourth-order valence-electron chi connectivity index (χ4n) is 2.13. The fraction of sp³-hybridized carbons (Fsp3) is 0.571. The van der Waals surface area contributed by atoms with Gasteiger partial charge in [-0.15, -0.1) is 0 Å². The van der Waals surface area contributed by atoms with Crippen molar-refractivity contribution in [3.05, 3.63) is 35.3 Å². The number of hydrogen-bond acceptors (Lipinski definition) is 2. The molecule has 0 aromatic carbocycles. The maximum absolute atomic E-state index is 5.63. The van der Waals surface area contributed by atoms with Crippen LogP contribution >= 0.6 is 0 Å². The fourth-order valence-corrected chi connectivity index (χ4v) is 2.13. The predicted octanol–water partition coefficient (Wildman–Crippen LogP) is 3.43. The Labute approximate surface area is 97.7 Å². The lowest BCUT2D eigenvalue weighted by atomic mass is 10.2. The van der Waals surface area contributed by atoms with E-state index >= 15 is 0 Å². The third kappa shape index (κ3) is 3.24. The molecule has 0 saturated heterocycles. The van der Waals surface area contributed by atoms with E-state index in [0.29, 0.717) is 0 Å². The van der Waals surface area contributed by atoms with Crippen LogP contribution in [-0.4, -0.2) is 6.54 Å². The Bertz CT molecular complexity index is 351. The molecule has 16 heavy (non-hydrogen) atoms. The van der Waals surface area contributed by atoms with Gasteiger partial charge < -0.3 is 9.73 Å². The summed E-state index contributed by atoms with van der Waals surface area (Å²) in [7, 11) is 0. The molecule has 0 aliphatic heterocycles. The molecular weight excluding hydrogens is 198 g/mol. The quantitative estimate of drug-likeness (QED) is 0.585. The maximum atomic E-state index is 5.63. The second-order valence-corrected chi connectivity index (χ2v) is 4.40. The van der Waals surface area contributed by atoms with E-state index in [1.807, 2.05) is 0 Å². The first-order valence-corrected chi connectivity index (χ1v) is 6.34. The van der Waals surface area contributed by atoms with Gasteiger partial charge in [-0.2, -0.15) is 0 Å². The van der Waals surface area contributed by atoms with Crippen LogP contribution in [0.3, 0.4) is 0 Å². The minimum absolute atomic E-state index is 0.854. The van der Waals surface area contributed by atoms with E-state index in [1.165, 1.54) is 25.7 Å². The Morgan fingerprint density at radius 2 is 2.19 bits per heavy atom. The Kier molecular flexibility index (Phi) is 4.23. The zero-order chi connectivity index (χ0) is 11.2. The average Bonchev–Trinajstić information content (AvgIpc) is 2.95. The summed E-state index contributed by atoms with van der Waals surface area (Å²) in [5, 5.41) is 3.43. The molecule has 0 atom stereocenters. The van der Waals surface area contributed by atoms with Gasteiger partial charge in [0.05, 0.1) is 6.54 Å². The third-order valence-corrected chi connectivity index (χ3v) is 3.12. The summed E-state index contributed by atoms with van der Waals surface area (Å²) in [5.41, 5.74) is 1.63. The Balaban J connectivity index is 1.63. The zero-order valence-corrected chi connectivity index (χ0v) is 10.1. The van der Waals surface area contributed by atoms with Crippen LogP contribution in [0.25, 0.3) is 0 Å². The van der Waals surface area contributed by atoms with Crippen molar-refractivity contribution in [2.24, 2.45) is 0 Å². The van der Waals surface area contributed by atoms with E-state index in [0.717, 1.165) is 31.0 Å². The molecule has 0 bridgehead atoms. The standard InChI is InChI=1S/C14H21NO/c1-2-13-7-8-14(16-13)11-15-10-9-12-5-3-4-6-12/h5,7-8,15H,2-4,6,9-11H2,1H3. The van der Waals surface area contributed by atoms with Crippen LogP contribution in [0.2, 0.25) is 0 Å². The summed E-state index contributed by atoms with van der Waals surface area (Å²) in [6.07, 6.45) is 8.52. The third-order valence-electron chi connectivity index (χ3n) is 3.12. The van der Waals surface area contributed by atoms with Gasteiger partial charge in [0.15, 0.2) is 0 Å². The highest BCUT2D eigenvalue weighted by atomic mass is 16.3.